The molecule has 1 aromatic carbocycles. The average Bonchev–Trinajstić information content (AvgIpc) is 2.49. The Hall–Kier alpha value is -1.95. The van der Waals surface area contributed by atoms with E-state index in [1.54, 1.807) is 25.3 Å². The second-order valence-corrected chi connectivity index (χ2v) is 4.98. The van der Waals surface area contributed by atoms with Crippen LogP contribution in [-0.2, 0) is 20.9 Å². The summed E-state index contributed by atoms with van der Waals surface area (Å²) in [5.74, 6) is -0.663. The molecule has 0 saturated heterocycles. The molecule has 0 radical (unpaired) electrons. The maximum atomic E-state index is 13.6. The summed E-state index contributed by atoms with van der Waals surface area (Å²) in [6, 6.07) is 6.32. The van der Waals surface area contributed by atoms with Gasteiger partial charge < -0.3 is 15.0 Å². The van der Waals surface area contributed by atoms with Gasteiger partial charge >= 0.3 is 0 Å². The maximum absolute atomic E-state index is 13.6. The highest BCUT2D eigenvalue weighted by Gasteiger charge is 2.13. The number of carbonyl (C=O) groups excluding carboxylic acids is 2. The topological polar surface area (TPSA) is 58.6 Å². The van der Waals surface area contributed by atoms with Crippen LogP contribution < -0.4 is 5.32 Å². The number of nitrogens with one attached hydrogen (secondary N) is 1. The molecule has 0 aliphatic heterocycles. The van der Waals surface area contributed by atoms with Crippen LogP contribution in [0.2, 0.25) is 0 Å². The highest BCUT2D eigenvalue weighted by Crippen LogP contribution is 2.10. The second kappa shape index (κ2) is 9.89. The summed E-state index contributed by atoms with van der Waals surface area (Å²) in [6.07, 6.45) is 0.939. The zero-order valence-electron chi connectivity index (χ0n) is 13.1. The molecule has 1 N–H and O–H groups in total. The Labute approximate surface area is 130 Å². The summed E-state index contributed by atoms with van der Waals surface area (Å²) >= 11 is 0. The molecule has 22 heavy (non-hydrogen) atoms. The summed E-state index contributed by atoms with van der Waals surface area (Å²) in [5.41, 5.74) is 0.443. The number of carbonyl (C=O) groups is 2. The predicted octanol–water partition coefficient (Wildman–Crippen LogP) is 1.72. The zero-order chi connectivity index (χ0) is 16.4. The Morgan fingerprint density at radius 1 is 1.32 bits per heavy atom. The summed E-state index contributed by atoms with van der Waals surface area (Å²) in [5, 5.41) is 2.76. The Kier molecular flexibility index (Phi) is 8.14. The maximum Gasteiger partial charge on any atom is 0.221 e. The van der Waals surface area contributed by atoms with Crippen molar-refractivity contribution in [3.8, 4) is 0 Å². The Bertz CT molecular complexity index is 494. The molecular formula is C16H23FN2O3. The first-order chi connectivity index (χ1) is 10.5. The van der Waals surface area contributed by atoms with E-state index in [9.17, 15) is 14.0 Å². The van der Waals surface area contributed by atoms with Gasteiger partial charge in [0, 0.05) is 52.3 Å². The number of nitrogens with zero attached hydrogens (tertiary/aromatic N) is 1. The Morgan fingerprint density at radius 3 is 2.68 bits per heavy atom. The van der Waals surface area contributed by atoms with E-state index >= 15 is 0 Å². The quantitative estimate of drug-likeness (QED) is 0.707. The first-order valence-corrected chi connectivity index (χ1v) is 7.29. The van der Waals surface area contributed by atoms with Crippen LogP contribution in [0.3, 0.4) is 0 Å². The minimum Gasteiger partial charge on any atom is -0.385 e. The fraction of sp³-hybridized carbons (Fsp3) is 0.500. The van der Waals surface area contributed by atoms with Crippen LogP contribution in [0.25, 0.3) is 0 Å². The number of methoxy groups -OCH3 is 1. The van der Waals surface area contributed by atoms with Crippen molar-refractivity contribution in [1.82, 2.24) is 10.2 Å². The summed E-state index contributed by atoms with van der Waals surface area (Å²) in [7, 11) is 1.61. The van der Waals surface area contributed by atoms with Gasteiger partial charge in [-0.3, -0.25) is 9.59 Å². The molecule has 0 heterocycles. The molecule has 6 heteroatoms. The standard InChI is InChI=1S/C16H23FN2O3/c1-13(20)19(12-14-6-3-4-7-15(14)17)10-8-16(21)18-9-5-11-22-2/h3-4,6-7H,5,8-12H2,1-2H3,(H,18,21). The van der Waals surface area contributed by atoms with Crippen molar-refractivity contribution < 1.29 is 18.7 Å². The van der Waals surface area contributed by atoms with Gasteiger partial charge in [0.1, 0.15) is 5.82 Å². The molecule has 0 bridgehead atoms. The Balaban J connectivity index is 2.43. The first-order valence-electron chi connectivity index (χ1n) is 7.29. The highest BCUT2D eigenvalue weighted by atomic mass is 19.1. The summed E-state index contributed by atoms with van der Waals surface area (Å²) in [4.78, 5) is 24.8. The van der Waals surface area contributed by atoms with Crippen LogP contribution in [0.15, 0.2) is 24.3 Å². The third-order valence-electron chi connectivity index (χ3n) is 3.22. The lowest BCUT2D eigenvalue weighted by Crippen LogP contribution is -2.34. The zero-order valence-corrected chi connectivity index (χ0v) is 13.1. The normalized spacial score (nSPS) is 10.3. The van der Waals surface area contributed by atoms with Gasteiger partial charge in [-0.2, -0.15) is 0 Å². The molecule has 0 spiro atoms. The average molecular weight is 310 g/mol. The third-order valence-corrected chi connectivity index (χ3v) is 3.22. The molecule has 0 aromatic heterocycles. The molecule has 0 aliphatic rings. The van der Waals surface area contributed by atoms with Crippen molar-refractivity contribution in [1.29, 1.82) is 0 Å². The largest absolute Gasteiger partial charge is 0.385 e. The number of hydrogen-bond acceptors (Lipinski definition) is 3. The number of halogens is 1. The molecule has 0 unspecified atom stereocenters. The number of ether oxygens (including phenoxy) is 1. The molecule has 0 aliphatic carbocycles. The van der Waals surface area contributed by atoms with Crippen molar-refractivity contribution in [3.05, 3.63) is 35.6 Å². The van der Waals surface area contributed by atoms with Gasteiger partial charge in [-0.05, 0) is 12.5 Å². The van der Waals surface area contributed by atoms with Crippen LogP contribution in [0.4, 0.5) is 4.39 Å². The molecule has 0 saturated carbocycles. The van der Waals surface area contributed by atoms with Crippen molar-refractivity contribution in [2.75, 3.05) is 26.8 Å². The number of hydrogen-bond donors (Lipinski definition) is 1. The van der Waals surface area contributed by atoms with Crippen molar-refractivity contribution in [3.63, 3.8) is 0 Å². The molecule has 0 atom stereocenters. The van der Waals surface area contributed by atoms with Crippen molar-refractivity contribution in [2.45, 2.75) is 26.3 Å². The predicted molar refractivity (Wildman–Crippen MR) is 81.6 cm³/mol. The summed E-state index contributed by atoms with van der Waals surface area (Å²) < 4.78 is 18.5. The monoisotopic (exact) mass is 310 g/mol. The second-order valence-electron chi connectivity index (χ2n) is 4.98. The van der Waals surface area contributed by atoms with Gasteiger partial charge in [0.25, 0.3) is 0 Å². The SMILES string of the molecule is COCCCNC(=O)CCN(Cc1ccccc1F)C(C)=O. The van der Waals surface area contributed by atoms with Gasteiger partial charge in [0.15, 0.2) is 0 Å². The molecule has 122 valence electrons. The van der Waals surface area contributed by atoms with Gasteiger partial charge in [-0.25, -0.2) is 4.39 Å². The highest BCUT2D eigenvalue weighted by molar-refractivity contribution is 5.78. The van der Waals surface area contributed by atoms with Crippen LogP contribution in [0.1, 0.15) is 25.3 Å². The fourth-order valence-corrected chi connectivity index (χ4v) is 1.95. The minimum atomic E-state index is -0.349. The van der Waals surface area contributed by atoms with Gasteiger partial charge in [0.05, 0.1) is 0 Å². The van der Waals surface area contributed by atoms with E-state index < -0.39 is 0 Å². The van der Waals surface area contributed by atoms with Crippen LogP contribution in [0, 0.1) is 5.82 Å². The minimum absolute atomic E-state index is 0.129. The molecule has 1 rings (SSSR count). The molecule has 2 amide bonds. The van der Waals surface area contributed by atoms with Gasteiger partial charge in [-0.1, -0.05) is 18.2 Å². The lowest BCUT2D eigenvalue weighted by Gasteiger charge is -2.21. The van der Waals surface area contributed by atoms with Crippen LogP contribution >= 0.6 is 0 Å². The van der Waals surface area contributed by atoms with Crippen LogP contribution in [0.5, 0.6) is 0 Å². The van der Waals surface area contributed by atoms with Crippen molar-refractivity contribution >= 4 is 11.8 Å². The fourth-order valence-electron chi connectivity index (χ4n) is 1.95. The molecule has 1 aromatic rings. The number of amides is 2. The van der Waals surface area contributed by atoms with Gasteiger partial charge in [-0.15, -0.1) is 0 Å². The third kappa shape index (κ3) is 6.67. The van der Waals surface area contributed by atoms with E-state index in [0.29, 0.717) is 18.7 Å². The van der Waals surface area contributed by atoms with E-state index in [1.165, 1.54) is 17.9 Å². The van der Waals surface area contributed by atoms with E-state index in [0.717, 1.165) is 6.42 Å². The lowest BCUT2D eigenvalue weighted by atomic mass is 10.2. The number of benzene rings is 1. The lowest BCUT2D eigenvalue weighted by molar-refractivity contribution is -0.130. The van der Waals surface area contributed by atoms with E-state index in [2.05, 4.69) is 5.32 Å². The Morgan fingerprint density at radius 2 is 2.05 bits per heavy atom. The van der Waals surface area contributed by atoms with E-state index in [1.807, 2.05) is 0 Å². The van der Waals surface area contributed by atoms with Gasteiger partial charge in [0.2, 0.25) is 11.8 Å². The molecule has 0 fully saturated rings. The van der Waals surface area contributed by atoms with E-state index in [-0.39, 0.29) is 37.1 Å². The molecule has 5 nitrogen and oxygen atoms in total. The summed E-state index contributed by atoms with van der Waals surface area (Å²) in [6.45, 7) is 2.98. The van der Waals surface area contributed by atoms with E-state index in [4.69, 9.17) is 4.74 Å². The van der Waals surface area contributed by atoms with Crippen molar-refractivity contribution in [2.24, 2.45) is 0 Å². The number of rotatable bonds is 9. The smallest absolute Gasteiger partial charge is 0.221 e. The molecular weight excluding hydrogens is 287 g/mol. The first kappa shape index (κ1) is 18.1. The van der Waals surface area contributed by atoms with Crippen LogP contribution in [-0.4, -0.2) is 43.5 Å².